The number of rotatable bonds is 6. The summed E-state index contributed by atoms with van der Waals surface area (Å²) in [7, 11) is 0. The van der Waals surface area contributed by atoms with E-state index in [1.165, 1.54) is 13.1 Å². The van der Waals surface area contributed by atoms with Crippen molar-refractivity contribution >= 4 is 39.8 Å². The van der Waals surface area contributed by atoms with Crippen molar-refractivity contribution in [2.45, 2.75) is 19.8 Å². The molecule has 2 heterocycles. The van der Waals surface area contributed by atoms with Gasteiger partial charge in [0, 0.05) is 25.2 Å². The van der Waals surface area contributed by atoms with E-state index >= 15 is 0 Å². The van der Waals surface area contributed by atoms with Gasteiger partial charge >= 0.3 is 0 Å². The second-order valence-corrected chi connectivity index (χ2v) is 6.90. The van der Waals surface area contributed by atoms with E-state index in [0.29, 0.717) is 46.5 Å². The number of nitrogens with zero attached hydrogens (tertiary/aromatic N) is 2. The highest BCUT2D eigenvalue weighted by molar-refractivity contribution is 7.17. The zero-order valence-corrected chi connectivity index (χ0v) is 15.1. The molecular weight excluding hydrogens is 352 g/mol. The molecule has 0 saturated carbocycles. The van der Waals surface area contributed by atoms with Gasteiger partial charge < -0.3 is 10.6 Å². The average Bonchev–Trinajstić information content (AvgIpc) is 3.03. The number of pyridine rings is 1. The molecule has 2 aromatic heterocycles. The topological polar surface area (TPSA) is 101 Å². The summed E-state index contributed by atoms with van der Waals surface area (Å²) in [5.41, 5.74) is 1.05. The fourth-order valence-corrected chi connectivity index (χ4v) is 3.81. The van der Waals surface area contributed by atoms with Crippen LogP contribution in [-0.4, -0.2) is 34.0 Å². The van der Waals surface area contributed by atoms with Crippen LogP contribution in [-0.2, 0) is 11.2 Å². The minimum absolute atomic E-state index is 0.237. The number of thiazole rings is 1. The molecule has 1 atom stereocenters. The van der Waals surface area contributed by atoms with Crippen molar-refractivity contribution in [1.29, 1.82) is 0 Å². The molecule has 0 bridgehead atoms. The van der Waals surface area contributed by atoms with Gasteiger partial charge in [-0.15, -0.1) is 6.58 Å². The van der Waals surface area contributed by atoms with Crippen LogP contribution in [0.15, 0.2) is 31.0 Å². The molecule has 1 unspecified atom stereocenters. The molecule has 3 rings (SSSR count). The van der Waals surface area contributed by atoms with Crippen molar-refractivity contribution in [2.75, 3.05) is 17.2 Å². The highest BCUT2D eigenvalue weighted by Crippen LogP contribution is 2.33. The van der Waals surface area contributed by atoms with Crippen LogP contribution in [0.1, 0.15) is 39.1 Å². The standard InChI is InChI=1S/C18H18N4O3S/c1-3-8-19-14-7-4-11(9-20-14)15(24)12-5-6-13-17(16(12)25)26-18(22-13)21-10(2)23/h3-4,7,9,12H,1,5-6,8H2,2H3,(H,19,20)(H,21,22,23). The van der Waals surface area contributed by atoms with Crippen LogP contribution < -0.4 is 10.6 Å². The fourth-order valence-electron chi connectivity index (χ4n) is 2.76. The van der Waals surface area contributed by atoms with E-state index in [2.05, 4.69) is 27.2 Å². The summed E-state index contributed by atoms with van der Waals surface area (Å²) >= 11 is 1.12. The Bertz CT molecular complexity index is 873. The number of hydrogen-bond acceptors (Lipinski definition) is 7. The van der Waals surface area contributed by atoms with Gasteiger partial charge in [0.05, 0.1) is 16.5 Å². The molecule has 1 aliphatic carbocycles. The van der Waals surface area contributed by atoms with Crippen LogP contribution in [0, 0.1) is 5.92 Å². The van der Waals surface area contributed by atoms with Crippen molar-refractivity contribution < 1.29 is 14.4 Å². The van der Waals surface area contributed by atoms with Crippen molar-refractivity contribution in [2.24, 2.45) is 5.92 Å². The Morgan fingerprint density at radius 2 is 2.23 bits per heavy atom. The average molecular weight is 370 g/mol. The molecule has 0 saturated heterocycles. The van der Waals surface area contributed by atoms with Crippen molar-refractivity contribution in [3.63, 3.8) is 0 Å². The number of aryl methyl sites for hydroxylation is 1. The zero-order chi connectivity index (χ0) is 18.7. The molecular formula is C18H18N4O3S. The summed E-state index contributed by atoms with van der Waals surface area (Å²) < 4.78 is 0. The van der Waals surface area contributed by atoms with E-state index in [-0.39, 0.29) is 17.5 Å². The largest absolute Gasteiger partial charge is 0.367 e. The number of anilines is 2. The molecule has 2 N–H and O–H groups in total. The number of fused-ring (bicyclic) bond motifs is 1. The third kappa shape index (κ3) is 3.70. The Balaban J connectivity index is 1.76. The molecule has 0 fully saturated rings. The van der Waals surface area contributed by atoms with Gasteiger partial charge in [-0.1, -0.05) is 17.4 Å². The Labute approximate surface area is 154 Å². The number of carbonyl (C=O) groups is 3. The zero-order valence-electron chi connectivity index (χ0n) is 14.2. The van der Waals surface area contributed by atoms with Crippen LogP contribution >= 0.6 is 11.3 Å². The summed E-state index contributed by atoms with van der Waals surface area (Å²) in [4.78, 5) is 45.6. The third-order valence-corrected chi connectivity index (χ3v) is 5.01. The molecule has 0 radical (unpaired) electrons. The summed E-state index contributed by atoms with van der Waals surface area (Å²) in [6, 6.07) is 3.37. The Morgan fingerprint density at radius 3 is 2.88 bits per heavy atom. The predicted molar refractivity (Wildman–Crippen MR) is 99.8 cm³/mol. The van der Waals surface area contributed by atoms with Gasteiger partial charge in [-0.3, -0.25) is 14.4 Å². The maximum Gasteiger partial charge on any atom is 0.223 e. The molecule has 134 valence electrons. The highest BCUT2D eigenvalue weighted by atomic mass is 32.1. The number of hydrogen-bond donors (Lipinski definition) is 2. The van der Waals surface area contributed by atoms with Crippen molar-refractivity contribution in [1.82, 2.24) is 9.97 Å². The normalized spacial score (nSPS) is 15.9. The molecule has 7 nitrogen and oxygen atoms in total. The lowest BCUT2D eigenvalue weighted by atomic mass is 9.84. The molecule has 0 aliphatic heterocycles. The lowest BCUT2D eigenvalue weighted by Crippen LogP contribution is -2.29. The molecule has 2 aromatic rings. The van der Waals surface area contributed by atoms with Crippen LogP contribution in [0.25, 0.3) is 0 Å². The summed E-state index contributed by atoms with van der Waals surface area (Å²) in [5.74, 6) is -0.812. The Kier molecular flexibility index (Phi) is 5.22. The number of amides is 1. The SMILES string of the molecule is C=CCNc1ccc(C(=O)C2CCc3nc(NC(C)=O)sc3C2=O)cn1. The molecule has 26 heavy (non-hydrogen) atoms. The lowest BCUT2D eigenvalue weighted by molar-refractivity contribution is -0.114. The number of aromatic nitrogens is 2. The maximum atomic E-state index is 12.7. The van der Waals surface area contributed by atoms with Gasteiger partial charge in [-0.05, 0) is 25.0 Å². The van der Waals surface area contributed by atoms with E-state index in [1.54, 1.807) is 18.2 Å². The van der Waals surface area contributed by atoms with E-state index in [4.69, 9.17) is 0 Å². The van der Waals surface area contributed by atoms with E-state index in [0.717, 1.165) is 11.3 Å². The number of Topliss-reactive ketones (excluding diaryl/α,β-unsaturated/α-hetero) is 2. The van der Waals surface area contributed by atoms with Gasteiger partial charge in [-0.2, -0.15) is 0 Å². The van der Waals surface area contributed by atoms with E-state index in [1.807, 2.05) is 0 Å². The fraction of sp³-hybridized carbons (Fsp3) is 0.278. The lowest BCUT2D eigenvalue weighted by Gasteiger charge is -2.18. The molecule has 8 heteroatoms. The number of ketones is 2. The van der Waals surface area contributed by atoms with Crippen molar-refractivity contribution in [3.8, 4) is 0 Å². The van der Waals surface area contributed by atoms with Crippen LogP contribution in [0.4, 0.5) is 10.9 Å². The summed E-state index contributed by atoms with van der Waals surface area (Å²) in [5, 5.41) is 6.01. The first-order valence-electron chi connectivity index (χ1n) is 8.16. The second kappa shape index (κ2) is 7.57. The minimum Gasteiger partial charge on any atom is -0.367 e. The molecule has 1 aliphatic rings. The monoisotopic (exact) mass is 370 g/mol. The van der Waals surface area contributed by atoms with Gasteiger partial charge in [-0.25, -0.2) is 9.97 Å². The van der Waals surface area contributed by atoms with Gasteiger partial charge in [0.2, 0.25) is 5.91 Å². The number of nitrogens with one attached hydrogen (secondary N) is 2. The maximum absolute atomic E-state index is 12.7. The molecule has 0 spiro atoms. The number of carbonyl (C=O) groups excluding carboxylic acids is 3. The smallest absolute Gasteiger partial charge is 0.223 e. The second-order valence-electron chi connectivity index (χ2n) is 5.90. The van der Waals surface area contributed by atoms with Crippen molar-refractivity contribution in [3.05, 3.63) is 47.1 Å². The molecule has 0 aromatic carbocycles. The highest BCUT2D eigenvalue weighted by Gasteiger charge is 2.36. The summed E-state index contributed by atoms with van der Waals surface area (Å²) in [6.45, 7) is 5.58. The third-order valence-electron chi connectivity index (χ3n) is 3.98. The first kappa shape index (κ1) is 17.9. The predicted octanol–water partition coefficient (Wildman–Crippen LogP) is 2.72. The van der Waals surface area contributed by atoms with E-state index < -0.39 is 5.92 Å². The van der Waals surface area contributed by atoms with Crippen LogP contribution in [0.3, 0.4) is 0 Å². The van der Waals surface area contributed by atoms with E-state index in [9.17, 15) is 14.4 Å². The van der Waals surface area contributed by atoms with Crippen LogP contribution in [0.2, 0.25) is 0 Å². The van der Waals surface area contributed by atoms with Crippen LogP contribution in [0.5, 0.6) is 0 Å². The van der Waals surface area contributed by atoms with Gasteiger partial charge in [0.15, 0.2) is 16.7 Å². The Morgan fingerprint density at radius 1 is 1.42 bits per heavy atom. The van der Waals surface area contributed by atoms with Gasteiger partial charge in [0.1, 0.15) is 5.82 Å². The Hall–Kier alpha value is -2.87. The molecule has 1 amide bonds. The first-order valence-corrected chi connectivity index (χ1v) is 8.97. The first-order chi connectivity index (χ1) is 12.5. The minimum atomic E-state index is -0.734. The van der Waals surface area contributed by atoms with Gasteiger partial charge in [0.25, 0.3) is 0 Å². The quantitative estimate of drug-likeness (QED) is 0.461. The summed E-state index contributed by atoms with van der Waals surface area (Å²) in [6.07, 6.45) is 4.12.